The van der Waals surface area contributed by atoms with Gasteiger partial charge < -0.3 is 26.6 Å². The summed E-state index contributed by atoms with van der Waals surface area (Å²) in [5, 5.41) is 22.9. The monoisotopic (exact) mass is 393 g/mol. The summed E-state index contributed by atoms with van der Waals surface area (Å²) in [5.41, 5.74) is 6.67. The number of carboxylic acid groups (broad SMARTS) is 2. The first-order valence-electron chi connectivity index (χ1n) is 8.95. The highest BCUT2D eigenvalue weighted by Crippen LogP contribution is 2.07. The van der Waals surface area contributed by atoms with E-state index in [9.17, 15) is 24.3 Å². The van der Waals surface area contributed by atoms with Gasteiger partial charge in [-0.2, -0.15) is 0 Å². The molecule has 0 bridgehead atoms. The summed E-state index contributed by atoms with van der Waals surface area (Å²) in [6.07, 6.45) is -0.314. The van der Waals surface area contributed by atoms with Gasteiger partial charge in [-0.1, -0.05) is 44.2 Å². The highest BCUT2D eigenvalue weighted by atomic mass is 16.4. The van der Waals surface area contributed by atoms with Crippen LogP contribution in [0.4, 0.5) is 0 Å². The van der Waals surface area contributed by atoms with Gasteiger partial charge in [-0.05, 0) is 24.3 Å². The first-order chi connectivity index (χ1) is 13.1. The summed E-state index contributed by atoms with van der Waals surface area (Å²) in [5.74, 6) is -4.12. The molecule has 3 atom stereocenters. The lowest BCUT2D eigenvalue weighted by Crippen LogP contribution is -2.55. The van der Waals surface area contributed by atoms with Crippen molar-refractivity contribution in [3.8, 4) is 0 Å². The molecule has 0 fully saturated rings. The molecule has 3 unspecified atom stereocenters. The molecule has 9 nitrogen and oxygen atoms in total. The van der Waals surface area contributed by atoms with Crippen molar-refractivity contribution in [2.45, 2.75) is 51.2 Å². The van der Waals surface area contributed by atoms with Gasteiger partial charge in [0.05, 0.1) is 12.5 Å². The van der Waals surface area contributed by atoms with E-state index in [2.05, 4.69) is 10.6 Å². The predicted octanol–water partition coefficient (Wildman–Crippen LogP) is 0.131. The maximum Gasteiger partial charge on any atom is 0.326 e. The van der Waals surface area contributed by atoms with E-state index in [1.807, 2.05) is 6.07 Å². The quantitative estimate of drug-likeness (QED) is 0.357. The van der Waals surface area contributed by atoms with E-state index in [1.165, 1.54) is 0 Å². The zero-order chi connectivity index (χ0) is 21.3. The fraction of sp³-hybridized carbons (Fsp3) is 0.474. The van der Waals surface area contributed by atoms with Gasteiger partial charge in [0.25, 0.3) is 0 Å². The Bertz CT molecular complexity index is 692. The molecule has 9 heteroatoms. The molecule has 0 saturated heterocycles. The molecule has 154 valence electrons. The van der Waals surface area contributed by atoms with Crippen LogP contribution in [0, 0.1) is 5.92 Å². The first kappa shape index (κ1) is 23.1. The van der Waals surface area contributed by atoms with Crippen LogP contribution in [0.2, 0.25) is 0 Å². The van der Waals surface area contributed by atoms with E-state index in [1.54, 1.807) is 38.1 Å². The molecule has 0 aliphatic rings. The third-order valence-corrected chi connectivity index (χ3v) is 3.97. The van der Waals surface area contributed by atoms with Crippen LogP contribution in [-0.2, 0) is 25.6 Å². The lowest BCUT2D eigenvalue weighted by Gasteiger charge is -2.22. The summed E-state index contributed by atoms with van der Waals surface area (Å²) in [4.78, 5) is 47.1. The van der Waals surface area contributed by atoms with Crippen molar-refractivity contribution in [3.63, 3.8) is 0 Å². The number of hydrogen-bond donors (Lipinski definition) is 5. The van der Waals surface area contributed by atoms with Crippen LogP contribution in [0.3, 0.4) is 0 Å². The Morgan fingerprint density at radius 3 is 2.04 bits per heavy atom. The van der Waals surface area contributed by atoms with Gasteiger partial charge >= 0.3 is 11.9 Å². The number of rotatable bonds is 11. The van der Waals surface area contributed by atoms with Gasteiger partial charge in [0.15, 0.2) is 0 Å². The standard InChI is InChI=1S/C19H27N3O6/c1-11(2)8-15(19(27)28)22-18(26)14(10-16(23)24)21-17(25)13(20)9-12-6-4-3-5-7-12/h3-7,11,13-15H,8-10,20H2,1-2H3,(H,21,25)(H,22,26)(H,23,24)(H,27,28). The molecular weight excluding hydrogens is 366 g/mol. The Hall–Kier alpha value is -2.94. The van der Waals surface area contributed by atoms with Crippen LogP contribution in [0.15, 0.2) is 30.3 Å². The topological polar surface area (TPSA) is 159 Å². The number of aliphatic carboxylic acids is 2. The molecular formula is C19H27N3O6. The second kappa shape index (κ2) is 11.0. The van der Waals surface area contributed by atoms with Crippen LogP contribution >= 0.6 is 0 Å². The number of amides is 2. The Balaban J connectivity index is 2.80. The number of nitrogens with one attached hydrogen (secondary N) is 2. The minimum Gasteiger partial charge on any atom is -0.481 e. The normalized spacial score (nSPS) is 14.0. The van der Waals surface area contributed by atoms with Crippen LogP contribution < -0.4 is 16.4 Å². The summed E-state index contributed by atoms with van der Waals surface area (Å²) in [6, 6.07) is 5.38. The van der Waals surface area contributed by atoms with Crippen molar-refractivity contribution in [1.82, 2.24) is 10.6 Å². The predicted molar refractivity (Wildman–Crippen MR) is 101 cm³/mol. The molecule has 0 heterocycles. The van der Waals surface area contributed by atoms with E-state index in [0.717, 1.165) is 5.56 Å². The molecule has 1 aromatic rings. The average molecular weight is 393 g/mol. The lowest BCUT2D eigenvalue weighted by atomic mass is 10.0. The molecule has 28 heavy (non-hydrogen) atoms. The van der Waals surface area contributed by atoms with Crippen molar-refractivity contribution in [2.75, 3.05) is 0 Å². The first-order valence-corrected chi connectivity index (χ1v) is 8.95. The number of nitrogens with two attached hydrogens (primary N) is 1. The molecule has 0 aliphatic heterocycles. The Morgan fingerprint density at radius 2 is 1.54 bits per heavy atom. The number of hydrogen-bond acceptors (Lipinski definition) is 5. The highest BCUT2D eigenvalue weighted by Gasteiger charge is 2.29. The van der Waals surface area contributed by atoms with Gasteiger partial charge in [-0.25, -0.2) is 4.79 Å². The number of carbonyl (C=O) groups is 4. The van der Waals surface area contributed by atoms with Gasteiger partial charge in [-0.15, -0.1) is 0 Å². The summed E-state index contributed by atoms with van der Waals surface area (Å²) >= 11 is 0. The van der Waals surface area contributed by atoms with E-state index < -0.39 is 48.3 Å². The lowest BCUT2D eigenvalue weighted by molar-refractivity contribution is -0.143. The number of carbonyl (C=O) groups excluding carboxylic acids is 2. The number of benzene rings is 1. The molecule has 1 rings (SSSR count). The zero-order valence-electron chi connectivity index (χ0n) is 15.9. The SMILES string of the molecule is CC(C)CC(NC(=O)C(CC(=O)O)NC(=O)C(N)Cc1ccccc1)C(=O)O. The largest absolute Gasteiger partial charge is 0.481 e. The van der Waals surface area contributed by atoms with Crippen LogP contribution in [0.1, 0.15) is 32.3 Å². The minimum atomic E-state index is -1.43. The Kier molecular flexibility index (Phi) is 9.10. The van der Waals surface area contributed by atoms with Gasteiger partial charge in [0.2, 0.25) is 11.8 Å². The van der Waals surface area contributed by atoms with E-state index >= 15 is 0 Å². The van der Waals surface area contributed by atoms with Crippen molar-refractivity contribution in [2.24, 2.45) is 11.7 Å². The van der Waals surface area contributed by atoms with Crippen molar-refractivity contribution in [3.05, 3.63) is 35.9 Å². The third-order valence-electron chi connectivity index (χ3n) is 3.97. The van der Waals surface area contributed by atoms with E-state index in [-0.39, 0.29) is 18.8 Å². The fourth-order valence-corrected chi connectivity index (χ4v) is 2.59. The minimum absolute atomic E-state index is 0.00629. The average Bonchev–Trinajstić information content (AvgIpc) is 2.60. The molecule has 0 spiro atoms. The Morgan fingerprint density at radius 1 is 0.964 bits per heavy atom. The van der Waals surface area contributed by atoms with E-state index in [4.69, 9.17) is 10.8 Å². The third kappa shape index (κ3) is 8.17. The number of carboxylic acids is 2. The molecule has 1 aromatic carbocycles. The molecule has 0 aromatic heterocycles. The smallest absolute Gasteiger partial charge is 0.326 e. The van der Waals surface area contributed by atoms with Crippen LogP contribution in [0.25, 0.3) is 0 Å². The van der Waals surface area contributed by atoms with Crippen molar-refractivity contribution in [1.29, 1.82) is 0 Å². The van der Waals surface area contributed by atoms with Crippen LogP contribution in [-0.4, -0.2) is 52.1 Å². The maximum absolute atomic E-state index is 12.4. The fourth-order valence-electron chi connectivity index (χ4n) is 2.59. The second-order valence-corrected chi connectivity index (χ2v) is 6.98. The van der Waals surface area contributed by atoms with Gasteiger partial charge in [0, 0.05) is 0 Å². The Labute approximate surface area is 163 Å². The molecule has 0 radical (unpaired) electrons. The summed E-state index contributed by atoms with van der Waals surface area (Å²) < 4.78 is 0. The van der Waals surface area contributed by atoms with E-state index in [0.29, 0.717) is 0 Å². The van der Waals surface area contributed by atoms with Crippen molar-refractivity contribution >= 4 is 23.8 Å². The summed E-state index contributed by atoms with van der Waals surface area (Å²) in [7, 11) is 0. The molecule has 0 aliphatic carbocycles. The zero-order valence-corrected chi connectivity index (χ0v) is 15.9. The van der Waals surface area contributed by atoms with Gasteiger partial charge in [-0.3, -0.25) is 14.4 Å². The molecule has 2 amide bonds. The maximum atomic E-state index is 12.4. The van der Waals surface area contributed by atoms with Crippen molar-refractivity contribution < 1.29 is 29.4 Å². The molecule has 0 saturated carbocycles. The highest BCUT2D eigenvalue weighted by molar-refractivity contribution is 5.94. The van der Waals surface area contributed by atoms with Crippen LogP contribution in [0.5, 0.6) is 0 Å². The van der Waals surface area contributed by atoms with Gasteiger partial charge in [0.1, 0.15) is 12.1 Å². The molecule has 6 N–H and O–H groups in total. The second-order valence-electron chi connectivity index (χ2n) is 6.98. The summed E-state index contributed by atoms with van der Waals surface area (Å²) in [6.45, 7) is 3.59.